The molecule has 1 aliphatic carbocycles. The van der Waals surface area contributed by atoms with Crippen LogP contribution >= 0.6 is 12.4 Å². The molecule has 5 nitrogen and oxygen atoms in total. The first kappa shape index (κ1) is 11.9. The monoisotopic (exact) mass is 264 g/mol. The van der Waals surface area contributed by atoms with E-state index in [1.54, 1.807) is 6.07 Å². The average molecular weight is 265 g/mol. The van der Waals surface area contributed by atoms with Crippen molar-refractivity contribution in [3.8, 4) is 0 Å². The van der Waals surface area contributed by atoms with E-state index in [0.29, 0.717) is 11.8 Å². The maximum Gasteiger partial charge on any atom is 0.274 e. The second-order valence-corrected chi connectivity index (χ2v) is 5.71. The van der Waals surface area contributed by atoms with Crippen molar-refractivity contribution < 1.29 is 12.8 Å². The lowest BCUT2D eigenvalue weighted by Crippen LogP contribution is -2.32. The van der Waals surface area contributed by atoms with Crippen molar-refractivity contribution in [2.24, 2.45) is 11.8 Å². The molecule has 0 amide bonds. The number of fused-ring (bicyclic) bond motifs is 1. The fourth-order valence-electron chi connectivity index (χ4n) is 2.25. The summed E-state index contributed by atoms with van der Waals surface area (Å²) in [5.74, 6) is 0.935. The largest absolute Gasteiger partial charge is 0.452 e. The van der Waals surface area contributed by atoms with Gasteiger partial charge in [0, 0.05) is 6.04 Å². The lowest BCUT2D eigenvalue weighted by atomic mass is 10.4. The lowest BCUT2D eigenvalue weighted by Gasteiger charge is -2.06. The number of halogens is 1. The van der Waals surface area contributed by atoms with Gasteiger partial charge in [-0.15, -0.1) is 12.4 Å². The van der Waals surface area contributed by atoms with Crippen LogP contribution in [0.4, 0.5) is 0 Å². The van der Waals surface area contributed by atoms with Crippen LogP contribution in [-0.4, -0.2) is 27.5 Å². The van der Waals surface area contributed by atoms with Crippen molar-refractivity contribution in [3.05, 3.63) is 18.4 Å². The molecule has 1 saturated carbocycles. The third-order valence-electron chi connectivity index (χ3n) is 3.14. The Labute approximate surface area is 100 Å². The maximum absolute atomic E-state index is 11.7. The van der Waals surface area contributed by atoms with E-state index < -0.39 is 10.0 Å². The third-order valence-corrected chi connectivity index (χ3v) is 4.49. The van der Waals surface area contributed by atoms with E-state index in [4.69, 9.17) is 4.42 Å². The van der Waals surface area contributed by atoms with E-state index in [-0.39, 0.29) is 23.5 Å². The standard InChI is InChI=1S/C9H12N2O3S.ClH/c12-15(13,8-2-1-3-14-8)11-9-6-4-10-5-7(6)9;/h1-3,6-7,9-11H,4-5H2;1H. The van der Waals surface area contributed by atoms with E-state index in [1.165, 1.54) is 12.3 Å². The Kier molecular flexibility index (Phi) is 3.00. The van der Waals surface area contributed by atoms with Gasteiger partial charge in [-0.25, -0.2) is 13.1 Å². The van der Waals surface area contributed by atoms with Gasteiger partial charge in [-0.3, -0.25) is 0 Å². The molecule has 2 fully saturated rings. The van der Waals surface area contributed by atoms with Gasteiger partial charge in [0.2, 0.25) is 5.09 Å². The molecule has 1 aliphatic heterocycles. The molecule has 1 aromatic rings. The molecule has 2 aliphatic rings. The summed E-state index contributed by atoms with van der Waals surface area (Å²) in [6.45, 7) is 1.83. The summed E-state index contributed by atoms with van der Waals surface area (Å²) in [4.78, 5) is 0. The Balaban J connectivity index is 0.000000963. The highest BCUT2D eigenvalue weighted by molar-refractivity contribution is 7.89. The molecule has 2 unspecified atom stereocenters. The summed E-state index contributed by atoms with van der Waals surface area (Å²) in [7, 11) is -3.44. The van der Waals surface area contributed by atoms with Crippen molar-refractivity contribution in [3.63, 3.8) is 0 Å². The van der Waals surface area contributed by atoms with Crippen LogP contribution in [0.5, 0.6) is 0 Å². The number of hydrogen-bond donors (Lipinski definition) is 2. The number of furan rings is 1. The van der Waals surface area contributed by atoms with Crippen LogP contribution in [0.15, 0.2) is 27.9 Å². The molecule has 16 heavy (non-hydrogen) atoms. The second kappa shape index (κ2) is 4.03. The molecular formula is C9H13ClN2O3S. The Hall–Kier alpha value is -0.560. The zero-order chi connectivity index (χ0) is 10.5. The highest BCUT2D eigenvalue weighted by Crippen LogP contribution is 2.42. The highest BCUT2D eigenvalue weighted by Gasteiger charge is 2.54. The molecule has 7 heteroatoms. The van der Waals surface area contributed by atoms with Crippen LogP contribution in [0, 0.1) is 11.8 Å². The summed E-state index contributed by atoms with van der Waals surface area (Å²) < 4.78 is 31.1. The van der Waals surface area contributed by atoms with Crippen molar-refractivity contribution in [2.75, 3.05) is 13.1 Å². The van der Waals surface area contributed by atoms with Crippen LogP contribution in [0.2, 0.25) is 0 Å². The van der Waals surface area contributed by atoms with E-state index in [2.05, 4.69) is 10.0 Å². The average Bonchev–Trinajstić information content (AvgIpc) is 2.75. The van der Waals surface area contributed by atoms with Gasteiger partial charge in [-0.1, -0.05) is 0 Å². The third kappa shape index (κ3) is 1.86. The van der Waals surface area contributed by atoms with Crippen LogP contribution in [0.25, 0.3) is 0 Å². The molecule has 90 valence electrons. The van der Waals surface area contributed by atoms with Gasteiger partial charge < -0.3 is 9.73 Å². The first-order valence-corrected chi connectivity index (χ1v) is 6.43. The Bertz CT molecular complexity index is 449. The van der Waals surface area contributed by atoms with Gasteiger partial charge in [0.1, 0.15) is 0 Å². The SMILES string of the molecule is Cl.O=S(=O)(NC1C2CNCC21)c1ccco1. The van der Waals surface area contributed by atoms with Gasteiger partial charge in [0.25, 0.3) is 10.0 Å². The van der Waals surface area contributed by atoms with Crippen molar-refractivity contribution >= 4 is 22.4 Å². The molecule has 3 rings (SSSR count). The van der Waals surface area contributed by atoms with E-state index >= 15 is 0 Å². The fraction of sp³-hybridized carbons (Fsp3) is 0.556. The molecule has 1 saturated heterocycles. The number of piperidine rings is 1. The number of hydrogen-bond acceptors (Lipinski definition) is 4. The summed E-state index contributed by atoms with van der Waals surface area (Å²) in [6, 6.07) is 3.13. The minimum atomic E-state index is -3.44. The summed E-state index contributed by atoms with van der Waals surface area (Å²) in [6.07, 6.45) is 1.36. The number of rotatable bonds is 3. The maximum atomic E-state index is 11.7. The molecule has 1 aromatic heterocycles. The predicted octanol–water partition coefficient (Wildman–Crippen LogP) is 0.197. The van der Waals surface area contributed by atoms with E-state index in [0.717, 1.165) is 13.1 Å². The summed E-state index contributed by atoms with van der Waals surface area (Å²) in [5.41, 5.74) is 0. The smallest absolute Gasteiger partial charge is 0.274 e. The first-order chi connectivity index (χ1) is 7.18. The number of nitrogens with one attached hydrogen (secondary N) is 2. The predicted molar refractivity (Wildman–Crippen MR) is 59.9 cm³/mol. The summed E-state index contributed by atoms with van der Waals surface area (Å²) >= 11 is 0. The van der Waals surface area contributed by atoms with Gasteiger partial charge >= 0.3 is 0 Å². The Morgan fingerprint density at radius 1 is 1.38 bits per heavy atom. The van der Waals surface area contributed by atoms with E-state index in [9.17, 15) is 8.42 Å². The topological polar surface area (TPSA) is 71.3 Å². The highest BCUT2D eigenvalue weighted by atomic mass is 35.5. The van der Waals surface area contributed by atoms with Crippen molar-refractivity contribution in [1.82, 2.24) is 10.0 Å². The Morgan fingerprint density at radius 2 is 2.06 bits per heavy atom. The van der Waals surface area contributed by atoms with Gasteiger partial charge in [-0.2, -0.15) is 0 Å². The zero-order valence-corrected chi connectivity index (χ0v) is 10.1. The van der Waals surface area contributed by atoms with Crippen LogP contribution < -0.4 is 10.0 Å². The lowest BCUT2D eigenvalue weighted by molar-refractivity contribution is 0.443. The second-order valence-electron chi connectivity index (χ2n) is 4.07. The van der Waals surface area contributed by atoms with Gasteiger partial charge in [0.05, 0.1) is 6.26 Å². The summed E-state index contributed by atoms with van der Waals surface area (Å²) in [5, 5.41) is 3.21. The molecule has 2 N–H and O–H groups in total. The fourth-order valence-corrected chi connectivity index (χ4v) is 3.51. The molecule has 0 spiro atoms. The van der Waals surface area contributed by atoms with Crippen LogP contribution in [-0.2, 0) is 10.0 Å². The number of sulfonamides is 1. The van der Waals surface area contributed by atoms with Crippen LogP contribution in [0.1, 0.15) is 0 Å². The van der Waals surface area contributed by atoms with Crippen LogP contribution in [0.3, 0.4) is 0 Å². The molecular weight excluding hydrogens is 252 g/mol. The molecule has 0 bridgehead atoms. The Morgan fingerprint density at radius 3 is 2.62 bits per heavy atom. The minimum Gasteiger partial charge on any atom is -0.452 e. The minimum absolute atomic E-state index is 0. The molecule has 0 aromatic carbocycles. The molecule has 0 radical (unpaired) electrons. The molecule has 2 heterocycles. The first-order valence-electron chi connectivity index (χ1n) is 4.95. The van der Waals surface area contributed by atoms with E-state index in [1.807, 2.05) is 0 Å². The van der Waals surface area contributed by atoms with Gasteiger partial charge in [0.15, 0.2) is 0 Å². The molecule has 2 atom stereocenters. The van der Waals surface area contributed by atoms with Gasteiger partial charge in [-0.05, 0) is 37.1 Å². The quantitative estimate of drug-likeness (QED) is 0.818. The van der Waals surface area contributed by atoms with Crippen molar-refractivity contribution in [1.29, 1.82) is 0 Å². The van der Waals surface area contributed by atoms with Crippen molar-refractivity contribution in [2.45, 2.75) is 11.1 Å². The zero-order valence-electron chi connectivity index (χ0n) is 8.42. The normalized spacial score (nSPS) is 31.9.